The summed E-state index contributed by atoms with van der Waals surface area (Å²) in [5.41, 5.74) is 5.98. The fraction of sp³-hybridized carbons (Fsp3) is 0.133. The monoisotopic (exact) mass is 320 g/mol. The number of benzene rings is 1. The lowest BCUT2D eigenvalue weighted by Crippen LogP contribution is -2.29. The van der Waals surface area contributed by atoms with Gasteiger partial charge in [-0.1, -0.05) is 35.3 Å². The van der Waals surface area contributed by atoms with Gasteiger partial charge in [0, 0.05) is 11.8 Å². The molecular formula is C15H14Cl2N4. The van der Waals surface area contributed by atoms with Crippen molar-refractivity contribution in [1.29, 1.82) is 0 Å². The van der Waals surface area contributed by atoms with Crippen LogP contribution in [0.15, 0.2) is 48.8 Å². The third kappa shape index (κ3) is 2.89. The summed E-state index contributed by atoms with van der Waals surface area (Å²) < 4.78 is 1.83. The van der Waals surface area contributed by atoms with E-state index < -0.39 is 0 Å². The summed E-state index contributed by atoms with van der Waals surface area (Å²) in [6, 6.07) is 11.5. The van der Waals surface area contributed by atoms with Gasteiger partial charge in [0.05, 0.1) is 27.8 Å². The van der Waals surface area contributed by atoms with Gasteiger partial charge in [-0.3, -0.25) is 11.3 Å². The Bertz CT molecular complexity index is 769. The molecule has 2 aromatic heterocycles. The Morgan fingerprint density at radius 2 is 2.05 bits per heavy atom. The minimum atomic E-state index is -0.0536. The largest absolute Gasteiger partial charge is 0.271 e. The molecule has 21 heavy (non-hydrogen) atoms. The molecule has 0 bridgehead atoms. The topological polar surface area (TPSA) is 55.3 Å². The van der Waals surface area contributed by atoms with Crippen LogP contribution in [-0.2, 0) is 6.42 Å². The molecule has 0 amide bonds. The van der Waals surface area contributed by atoms with E-state index in [1.807, 2.05) is 47.2 Å². The molecule has 1 unspecified atom stereocenters. The van der Waals surface area contributed by atoms with E-state index in [-0.39, 0.29) is 6.04 Å². The van der Waals surface area contributed by atoms with Crippen LogP contribution in [0.4, 0.5) is 0 Å². The van der Waals surface area contributed by atoms with Gasteiger partial charge in [-0.15, -0.1) is 0 Å². The maximum Gasteiger partial charge on any atom is 0.0710 e. The molecule has 1 aromatic carbocycles. The Kier molecular flexibility index (Phi) is 4.12. The van der Waals surface area contributed by atoms with Gasteiger partial charge in [0.2, 0.25) is 0 Å². The van der Waals surface area contributed by atoms with Crippen LogP contribution in [0.2, 0.25) is 10.0 Å². The van der Waals surface area contributed by atoms with E-state index in [0.717, 1.165) is 16.6 Å². The van der Waals surface area contributed by atoms with Crippen LogP contribution < -0.4 is 11.3 Å². The first kappa shape index (κ1) is 14.4. The van der Waals surface area contributed by atoms with Crippen molar-refractivity contribution in [1.82, 2.24) is 15.0 Å². The molecule has 1 atom stereocenters. The van der Waals surface area contributed by atoms with Crippen LogP contribution in [-0.4, -0.2) is 9.61 Å². The zero-order chi connectivity index (χ0) is 14.8. The number of hydrogen-bond donors (Lipinski definition) is 2. The molecule has 0 aliphatic carbocycles. The van der Waals surface area contributed by atoms with Crippen molar-refractivity contribution in [3.05, 3.63) is 70.0 Å². The summed E-state index contributed by atoms with van der Waals surface area (Å²) in [5.74, 6) is 5.72. The molecule has 0 aliphatic rings. The Balaban J connectivity index is 1.93. The minimum Gasteiger partial charge on any atom is -0.271 e. The Labute approximate surface area is 132 Å². The molecule has 6 heteroatoms. The zero-order valence-corrected chi connectivity index (χ0v) is 12.6. The van der Waals surface area contributed by atoms with Crippen molar-refractivity contribution < 1.29 is 0 Å². The summed E-state index contributed by atoms with van der Waals surface area (Å²) in [5, 5.41) is 5.43. The Morgan fingerprint density at radius 3 is 2.81 bits per heavy atom. The van der Waals surface area contributed by atoms with Crippen LogP contribution in [0.3, 0.4) is 0 Å². The number of nitrogens with one attached hydrogen (secondary N) is 1. The lowest BCUT2D eigenvalue weighted by atomic mass is 10.0. The molecule has 3 rings (SSSR count). The highest BCUT2D eigenvalue weighted by Crippen LogP contribution is 2.26. The lowest BCUT2D eigenvalue weighted by Gasteiger charge is -2.15. The molecule has 0 saturated carbocycles. The number of pyridine rings is 1. The molecular weight excluding hydrogens is 307 g/mol. The molecule has 0 radical (unpaired) electrons. The van der Waals surface area contributed by atoms with Gasteiger partial charge in [0.25, 0.3) is 0 Å². The van der Waals surface area contributed by atoms with E-state index in [9.17, 15) is 0 Å². The maximum absolute atomic E-state index is 6.06. The molecule has 3 N–H and O–H groups in total. The fourth-order valence-corrected chi connectivity index (χ4v) is 2.70. The molecule has 0 aliphatic heterocycles. The lowest BCUT2D eigenvalue weighted by molar-refractivity contribution is 0.555. The number of hydrazine groups is 1. The number of aromatic nitrogens is 2. The summed E-state index contributed by atoms with van der Waals surface area (Å²) in [4.78, 5) is 0. The maximum atomic E-state index is 6.06. The molecule has 108 valence electrons. The zero-order valence-electron chi connectivity index (χ0n) is 11.1. The van der Waals surface area contributed by atoms with Gasteiger partial charge >= 0.3 is 0 Å². The highest BCUT2D eigenvalue weighted by Gasteiger charge is 2.16. The molecule has 4 nitrogen and oxygen atoms in total. The highest BCUT2D eigenvalue weighted by atomic mass is 35.5. The summed E-state index contributed by atoms with van der Waals surface area (Å²) in [6.07, 6.45) is 4.44. The van der Waals surface area contributed by atoms with Crippen molar-refractivity contribution in [2.75, 3.05) is 0 Å². The standard InChI is InChI=1S/C15H14Cl2N4/c16-12-5-4-10(7-13(12)17)8-14(20-18)11-9-19-21-6-2-1-3-15(11)21/h1-7,9,14,20H,8,18H2. The van der Waals surface area contributed by atoms with Crippen molar-refractivity contribution in [2.45, 2.75) is 12.5 Å². The summed E-state index contributed by atoms with van der Waals surface area (Å²) in [6.45, 7) is 0. The number of fused-ring (bicyclic) bond motifs is 1. The van der Waals surface area contributed by atoms with Gasteiger partial charge in [-0.05, 0) is 36.2 Å². The number of hydrogen-bond acceptors (Lipinski definition) is 3. The highest BCUT2D eigenvalue weighted by molar-refractivity contribution is 6.42. The van der Waals surface area contributed by atoms with E-state index in [4.69, 9.17) is 29.0 Å². The summed E-state index contributed by atoms with van der Waals surface area (Å²) in [7, 11) is 0. The normalized spacial score (nSPS) is 12.7. The Hall–Kier alpha value is -1.59. The minimum absolute atomic E-state index is 0.0536. The van der Waals surface area contributed by atoms with Crippen molar-refractivity contribution in [2.24, 2.45) is 5.84 Å². The van der Waals surface area contributed by atoms with Gasteiger partial charge < -0.3 is 0 Å². The second kappa shape index (κ2) is 6.03. The van der Waals surface area contributed by atoms with Crippen LogP contribution >= 0.6 is 23.2 Å². The van der Waals surface area contributed by atoms with Crippen LogP contribution in [0.25, 0.3) is 5.52 Å². The first-order chi connectivity index (χ1) is 10.2. The quantitative estimate of drug-likeness (QED) is 0.572. The second-order valence-corrected chi connectivity index (χ2v) is 5.62. The molecule has 3 aromatic rings. The number of nitrogens with two attached hydrogens (primary N) is 1. The number of rotatable bonds is 4. The van der Waals surface area contributed by atoms with Crippen LogP contribution in [0.1, 0.15) is 17.2 Å². The van der Waals surface area contributed by atoms with E-state index in [1.54, 1.807) is 6.07 Å². The predicted molar refractivity (Wildman–Crippen MR) is 85.4 cm³/mol. The van der Waals surface area contributed by atoms with E-state index in [0.29, 0.717) is 16.5 Å². The van der Waals surface area contributed by atoms with Crippen molar-refractivity contribution >= 4 is 28.7 Å². The average molecular weight is 321 g/mol. The first-order valence-corrected chi connectivity index (χ1v) is 7.27. The summed E-state index contributed by atoms with van der Waals surface area (Å²) >= 11 is 12.0. The molecule has 0 fully saturated rings. The smallest absolute Gasteiger partial charge is 0.0710 e. The predicted octanol–water partition coefficient (Wildman–Crippen LogP) is 3.39. The first-order valence-electron chi connectivity index (χ1n) is 6.51. The van der Waals surface area contributed by atoms with Gasteiger partial charge in [-0.2, -0.15) is 5.10 Å². The van der Waals surface area contributed by atoms with Crippen LogP contribution in [0, 0.1) is 0 Å². The molecule has 0 spiro atoms. The van der Waals surface area contributed by atoms with Gasteiger partial charge in [0.15, 0.2) is 0 Å². The van der Waals surface area contributed by atoms with Gasteiger partial charge in [0.1, 0.15) is 0 Å². The SMILES string of the molecule is NNC(Cc1ccc(Cl)c(Cl)c1)c1cnn2ccccc12. The van der Waals surface area contributed by atoms with Crippen molar-refractivity contribution in [3.63, 3.8) is 0 Å². The second-order valence-electron chi connectivity index (χ2n) is 4.80. The van der Waals surface area contributed by atoms with E-state index in [2.05, 4.69) is 10.5 Å². The van der Waals surface area contributed by atoms with Crippen LogP contribution in [0.5, 0.6) is 0 Å². The average Bonchev–Trinajstić information content (AvgIpc) is 2.92. The third-order valence-electron chi connectivity index (χ3n) is 3.46. The third-order valence-corrected chi connectivity index (χ3v) is 4.20. The van der Waals surface area contributed by atoms with Crippen molar-refractivity contribution in [3.8, 4) is 0 Å². The Morgan fingerprint density at radius 1 is 1.19 bits per heavy atom. The number of nitrogens with zero attached hydrogens (tertiary/aromatic N) is 2. The van der Waals surface area contributed by atoms with E-state index in [1.165, 1.54) is 0 Å². The van der Waals surface area contributed by atoms with E-state index >= 15 is 0 Å². The van der Waals surface area contributed by atoms with Gasteiger partial charge in [-0.25, -0.2) is 4.52 Å². The molecule has 2 heterocycles. The number of halogens is 2. The molecule has 0 saturated heterocycles. The fourth-order valence-electron chi connectivity index (χ4n) is 2.38.